The Morgan fingerprint density at radius 1 is 1.35 bits per heavy atom. The summed E-state index contributed by atoms with van der Waals surface area (Å²) in [6.45, 7) is 1.90. The summed E-state index contributed by atoms with van der Waals surface area (Å²) in [5, 5.41) is 3.95. The lowest BCUT2D eigenvalue weighted by Gasteiger charge is -2.15. The largest absolute Gasteiger partial charge is 0.573 e. The molecule has 2 aromatic rings. The number of aromatic nitrogens is 2. The van der Waals surface area contributed by atoms with E-state index < -0.39 is 28.2 Å². The van der Waals surface area contributed by atoms with Crippen molar-refractivity contribution in [1.29, 1.82) is 0 Å². The summed E-state index contributed by atoms with van der Waals surface area (Å²) in [7, 11) is -3.98. The van der Waals surface area contributed by atoms with Gasteiger partial charge in [0.25, 0.3) is 0 Å². The van der Waals surface area contributed by atoms with Crippen molar-refractivity contribution in [3.8, 4) is 5.75 Å². The predicted octanol–water partition coefficient (Wildman–Crippen LogP) is 2.15. The number of ether oxygens (including phenoxy) is 1. The fraction of sp³-hybridized carbons (Fsp3) is 0.308. The molecule has 0 aliphatic carbocycles. The lowest BCUT2D eigenvalue weighted by molar-refractivity contribution is -0.274. The van der Waals surface area contributed by atoms with Gasteiger partial charge in [0.15, 0.2) is 0 Å². The van der Waals surface area contributed by atoms with E-state index in [4.69, 9.17) is 0 Å². The molecule has 0 radical (unpaired) electrons. The van der Waals surface area contributed by atoms with Gasteiger partial charge in [-0.05, 0) is 25.1 Å². The van der Waals surface area contributed by atoms with Crippen molar-refractivity contribution in [2.75, 3.05) is 0 Å². The van der Waals surface area contributed by atoms with Crippen molar-refractivity contribution in [1.82, 2.24) is 14.5 Å². The smallest absolute Gasteiger partial charge is 0.406 e. The number of hydrogen-bond donors (Lipinski definition) is 1. The van der Waals surface area contributed by atoms with Crippen LogP contribution in [0.15, 0.2) is 47.6 Å². The van der Waals surface area contributed by atoms with Crippen LogP contribution >= 0.6 is 0 Å². The molecule has 0 bridgehead atoms. The highest BCUT2D eigenvalue weighted by molar-refractivity contribution is 7.89. The SMILES string of the molecule is C[C@H](Cn1cccn1)NS(=O)(=O)c1cccc(OC(F)(F)F)c1. The van der Waals surface area contributed by atoms with E-state index in [9.17, 15) is 21.6 Å². The Bertz CT molecular complexity index is 745. The number of halogens is 3. The summed E-state index contributed by atoms with van der Waals surface area (Å²) >= 11 is 0. The number of hydrogen-bond acceptors (Lipinski definition) is 4. The molecule has 1 N–H and O–H groups in total. The van der Waals surface area contributed by atoms with E-state index in [2.05, 4.69) is 14.6 Å². The van der Waals surface area contributed by atoms with Gasteiger partial charge in [0.05, 0.1) is 11.4 Å². The van der Waals surface area contributed by atoms with E-state index in [1.807, 2.05) is 0 Å². The molecule has 1 heterocycles. The van der Waals surface area contributed by atoms with Gasteiger partial charge in [0, 0.05) is 24.5 Å². The first-order valence-electron chi connectivity index (χ1n) is 6.51. The summed E-state index contributed by atoms with van der Waals surface area (Å²) in [5.74, 6) is -0.597. The van der Waals surface area contributed by atoms with Crippen LogP contribution in [0.1, 0.15) is 6.92 Å². The Balaban J connectivity index is 2.11. The summed E-state index contributed by atoms with van der Waals surface area (Å²) < 4.78 is 68.6. The van der Waals surface area contributed by atoms with Gasteiger partial charge in [0.2, 0.25) is 10.0 Å². The van der Waals surface area contributed by atoms with Crippen LogP contribution in [0.4, 0.5) is 13.2 Å². The third-order valence-electron chi connectivity index (χ3n) is 2.73. The average molecular weight is 349 g/mol. The molecule has 2 rings (SSSR count). The number of benzene rings is 1. The van der Waals surface area contributed by atoms with Crippen LogP contribution < -0.4 is 9.46 Å². The Morgan fingerprint density at radius 2 is 2.09 bits per heavy atom. The molecule has 1 aromatic heterocycles. The fourth-order valence-corrected chi connectivity index (χ4v) is 3.17. The quantitative estimate of drug-likeness (QED) is 0.867. The highest BCUT2D eigenvalue weighted by Crippen LogP contribution is 2.24. The number of rotatable bonds is 6. The molecule has 10 heteroatoms. The highest BCUT2D eigenvalue weighted by atomic mass is 32.2. The maximum atomic E-state index is 12.2. The van der Waals surface area contributed by atoms with Gasteiger partial charge in [0.1, 0.15) is 5.75 Å². The number of nitrogens with one attached hydrogen (secondary N) is 1. The van der Waals surface area contributed by atoms with Crippen LogP contribution in [0.2, 0.25) is 0 Å². The second kappa shape index (κ2) is 6.59. The second-order valence-electron chi connectivity index (χ2n) is 4.77. The van der Waals surface area contributed by atoms with Crippen molar-refractivity contribution < 1.29 is 26.3 Å². The monoisotopic (exact) mass is 349 g/mol. The van der Waals surface area contributed by atoms with E-state index in [1.54, 1.807) is 25.4 Å². The maximum Gasteiger partial charge on any atom is 0.573 e. The molecule has 1 atom stereocenters. The highest BCUT2D eigenvalue weighted by Gasteiger charge is 2.31. The zero-order valence-electron chi connectivity index (χ0n) is 12.0. The van der Waals surface area contributed by atoms with E-state index in [0.717, 1.165) is 12.1 Å². The van der Waals surface area contributed by atoms with Gasteiger partial charge in [-0.2, -0.15) is 5.10 Å². The molecule has 0 amide bonds. The Hall–Kier alpha value is -2.07. The Morgan fingerprint density at radius 3 is 2.70 bits per heavy atom. The molecule has 0 spiro atoms. The molecular formula is C13H14F3N3O3S. The standard InChI is InChI=1S/C13H14F3N3O3S/c1-10(9-19-7-3-6-17-19)18-23(20,21)12-5-2-4-11(8-12)22-13(14,15)16/h2-8,10,18H,9H2,1H3/t10-/m1/s1. The third kappa shape index (κ3) is 5.25. The molecule has 0 saturated heterocycles. The minimum atomic E-state index is -4.89. The Labute approximate surface area is 130 Å². The third-order valence-corrected chi connectivity index (χ3v) is 4.31. The van der Waals surface area contributed by atoms with Gasteiger partial charge in [-0.3, -0.25) is 4.68 Å². The summed E-state index contributed by atoms with van der Waals surface area (Å²) in [5.41, 5.74) is 0. The van der Waals surface area contributed by atoms with Crippen molar-refractivity contribution in [2.24, 2.45) is 0 Å². The van der Waals surface area contributed by atoms with Gasteiger partial charge < -0.3 is 4.74 Å². The van der Waals surface area contributed by atoms with Crippen LogP contribution in [0, 0.1) is 0 Å². The van der Waals surface area contributed by atoms with E-state index in [0.29, 0.717) is 0 Å². The molecule has 6 nitrogen and oxygen atoms in total. The van der Waals surface area contributed by atoms with Crippen LogP contribution in [-0.2, 0) is 16.6 Å². The summed E-state index contributed by atoms with van der Waals surface area (Å²) in [6.07, 6.45) is -1.66. The van der Waals surface area contributed by atoms with Gasteiger partial charge >= 0.3 is 6.36 Å². The van der Waals surface area contributed by atoms with Crippen LogP contribution in [0.3, 0.4) is 0 Å². The van der Waals surface area contributed by atoms with Crippen molar-refractivity contribution in [2.45, 2.75) is 30.8 Å². The van der Waals surface area contributed by atoms with E-state index >= 15 is 0 Å². The molecule has 0 aliphatic heterocycles. The molecule has 126 valence electrons. The zero-order chi connectivity index (χ0) is 17.1. The second-order valence-corrected chi connectivity index (χ2v) is 6.49. The maximum absolute atomic E-state index is 12.2. The summed E-state index contributed by atoms with van der Waals surface area (Å²) in [4.78, 5) is -0.313. The molecule has 23 heavy (non-hydrogen) atoms. The zero-order valence-corrected chi connectivity index (χ0v) is 12.8. The minimum absolute atomic E-state index is 0.283. The van der Waals surface area contributed by atoms with E-state index in [-0.39, 0.29) is 11.4 Å². The molecular weight excluding hydrogens is 335 g/mol. The van der Waals surface area contributed by atoms with Crippen LogP contribution in [-0.4, -0.2) is 30.6 Å². The van der Waals surface area contributed by atoms with Crippen molar-refractivity contribution >= 4 is 10.0 Å². The molecule has 0 fully saturated rings. The molecule has 0 unspecified atom stereocenters. The normalized spacial score (nSPS) is 13.7. The lowest BCUT2D eigenvalue weighted by Crippen LogP contribution is -2.35. The van der Waals surface area contributed by atoms with E-state index in [1.165, 1.54) is 16.8 Å². The average Bonchev–Trinajstić information content (AvgIpc) is 2.89. The molecule has 0 aliphatic rings. The molecule has 1 aromatic carbocycles. The minimum Gasteiger partial charge on any atom is -0.406 e. The first-order chi connectivity index (χ1) is 10.7. The lowest BCUT2D eigenvalue weighted by atomic mass is 10.3. The number of nitrogens with zero attached hydrogens (tertiary/aromatic N) is 2. The van der Waals surface area contributed by atoms with Gasteiger partial charge in [-0.25, -0.2) is 13.1 Å². The van der Waals surface area contributed by atoms with Gasteiger partial charge in [-0.1, -0.05) is 6.07 Å². The first-order valence-corrected chi connectivity index (χ1v) is 7.99. The van der Waals surface area contributed by atoms with Crippen LogP contribution in [0.5, 0.6) is 5.75 Å². The van der Waals surface area contributed by atoms with Crippen molar-refractivity contribution in [3.05, 3.63) is 42.7 Å². The number of sulfonamides is 1. The van der Waals surface area contributed by atoms with Crippen LogP contribution in [0.25, 0.3) is 0 Å². The fourth-order valence-electron chi connectivity index (χ4n) is 1.90. The summed E-state index contributed by atoms with van der Waals surface area (Å²) in [6, 6.07) is 5.39. The first kappa shape index (κ1) is 17.3. The van der Waals surface area contributed by atoms with Gasteiger partial charge in [-0.15, -0.1) is 13.2 Å². The molecule has 0 saturated carbocycles. The topological polar surface area (TPSA) is 73.2 Å². The number of alkyl halides is 3. The predicted molar refractivity (Wildman–Crippen MR) is 75.1 cm³/mol. The Kier molecular flexibility index (Phi) is 4.95. The van der Waals surface area contributed by atoms with Crippen molar-refractivity contribution in [3.63, 3.8) is 0 Å².